The second-order valence-corrected chi connectivity index (χ2v) is 17.5. The Morgan fingerprint density at radius 1 is 0.852 bits per heavy atom. The molecule has 4 aliphatic rings. The molecule has 5 heterocycles. The second kappa shape index (κ2) is 16.6. The van der Waals surface area contributed by atoms with E-state index in [0.29, 0.717) is 42.1 Å². The summed E-state index contributed by atoms with van der Waals surface area (Å²) in [5, 5.41) is 9.69. The van der Waals surface area contributed by atoms with Crippen LogP contribution >= 0.6 is 0 Å². The quantitative estimate of drug-likeness (QED) is 0.176. The molecule has 320 valence electrons. The van der Waals surface area contributed by atoms with Crippen LogP contribution in [0.15, 0.2) is 77.8 Å². The van der Waals surface area contributed by atoms with Crippen LogP contribution in [0.4, 0.5) is 46.8 Å². The number of piperazine rings is 1. The molecule has 20 heteroatoms. The SMILES string of the molecule is CS(=O)(=O)c1cccc(CNc2nc(Nc3ccc(N4CCN(CC5CCN(c6cccc7c6C(=O)N(N6CCC(=O)NC6=O)C7=O)CC5)CC4)cc3)ncc2C(F)(F)F)c1. The van der Waals surface area contributed by atoms with Crippen molar-refractivity contribution in [2.75, 3.05) is 79.0 Å². The van der Waals surface area contributed by atoms with Gasteiger partial charge in [0, 0.05) is 82.6 Å². The minimum Gasteiger partial charge on any atom is -0.371 e. The van der Waals surface area contributed by atoms with Crippen LogP contribution in [0, 0.1) is 5.92 Å². The summed E-state index contributed by atoms with van der Waals surface area (Å²) in [6.45, 7) is 5.53. The van der Waals surface area contributed by atoms with Gasteiger partial charge in [0.25, 0.3) is 11.8 Å². The van der Waals surface area contributed by atoms with Gasteiger partial charge >= 0.3 is 12.2 Å². The molecule has 0 bridgehead atoms. The maximum absolute atomic E-state index is 13.9. The molecule has 4 aromatic rings. The summed E-state index contributed by atoms with van der Waals surface area (Å²) in [5.41, 5.74) is 2.19. The summed E-state index contributed by atoms with van der Waals surface area (Å²) in [5.74, 6) is -1.65. The number of carbonyl (C=O) groups excluding carboxylic acids is 4. The van der Waals surface area contributed by atoms with Crippen LogP contribution < -0.4 is 25.8 Å². The number of hydrazine groups is 1. The van der Waals surface area contributed by atoms with Gasteiger partial charge in [-0.1, -0.05) is 18.2 Å². The number of aromatic nitrogens is 2. The molecule has 16 nitrogen and oxygen atoms in total. The Morgan fingerprint density at radius 2 is 1.57 bits per heavy atom. The van der Waals surface area contributed by atoms with Crippen molar-refractivity contribution >= 4 is 62.4 Å². The van der Waals surface area contributed by atoms with E-state index in [9.17, 15) is 40.8 Å². The number of hydrogen-bond acceptors (Lipinski definition) is 13. The molecule has 1 aromatic heterocycles. The van der Waals surface area contributed by atoms with E-state index in [-0.39, 0.29) is 41.5 Å². The van der Waals surface area contributed by atoms with Gasteiger partial charge in [0.2, 0.25) is 11.9 Å². The number of alkyl halides is 3. The number of piperidine rings is 1. The van der Waals surface area contributed by atoms with Crippen LogP contribution in [0.25, 0.3) is 0 Å². The lowest BCUT2D eigenvalue weighted by molar-refractivity contribution is -0.137. The van der Waals surface area contributed by atoms with Crippen LogP contribution in [0.3, 0.4) is 0 Å². The monoisotopic (exact) mass is 860 g/mol. The number of amides is 5. The van der Waals surface area contributed by atoms with E-state index in [1.165, 1.54) is 18.2 Å². The average Bonchev–Trinajstić information content (AvgIpc) is 3.49. The molecule has 0 unspecified atom stereocenters. The third-order valence-corrected chi connectivity index (χ3v) is 12.5. The number of imide groups is 2. The number of halogens is 3. The normalized spacial score (nSPS) is 18.1. The van der Waals surface area contributed by atoms with Gasteiger partial charge in [-0.25, -0.2) is 23.2 Å². The van der Waals surface area contributed by atoms with Crippen LogP contribution in [0.1, 0.15) is 51.1 Å². The molecule has 3 saturated heterocycles. The number of nitrogens with one attached hydrogen (secondary N) is 3. The van der Waals surface area contributed by atoms with Crippen LogP contribution in [-0.4, -0.2) is 116 Å². The number of benzene rings is 3. The van der Waals surface area contributed by atoms with Gasteiger partial charge in [-0.15, -0.1) is 0 Å². The van der Waals surface area contributed by atoms with Gasteiger partial charge in [0.05, 0.1) is 28.3 Å². The van der Waals surface area contributed by atoms with Crippen LogP contribution in [-0.2, 0) is 27.4 Å². The molecular formula is C41H43F3N10O6S. The van der Waals surface area contributed by atoms with Crippen molar-refractivity contribution in [3.05, 3.63) is 95.2 Å². The lowest BCUT2D eigenvalue weighted by atomic mass is 9.94. The molecule has 0 radical (unpaired) electrons. The lowest BCUT2D eigenvalue weighted by Gasteiger charge is -2.40. The van der Waals surface area contributed by atoms with E-state index in [4.69, 9.17) is 0 Å². The third kappa shape index (κ3) is 8.95. The summed E-state index contributed by atoms with van der Waals surface area (Å²) < 4.78 is 65.5. The molecule has 3 N–H and O–H groups in total. The Balaban J connectivity index is 0.825. The first kappa shape index (κ1) is 41.5. The smallest absolute Gasteiger partial charge is 0.371 e. The highest BCUT2D eigenvalue weighted by Crippen LogP contribution is 2.36. The van der Waals surface area contributed by atoms with E-state index in [1.807, 2.05) is 30.3 Å². The van der Waals surface area contributed by atoms with E-state index in [2.05, 4.69) is 40.6 Å². The molecule has 61 heavy (non-hydrogen) atoms. The highest BCUT2D eigenvalue weighted by molar-refractivity contribution is 7.90. The van der Waals surface area contributed by atoms with Crippen molar-refractivity contribution in [2.45, 2.75) is 36.9 Å². The molecule has 0 saturated carbocycles. The fourth-order valence-electron chi connectivity index (χ4n) is 8.14. The number of anilines is 5. The van der Waals surface area contributed by atoms with Gasteiger partial charge in [0.15, 0.2) is 9.84 Å². The molecule has 4 aliphatic heterocycles. The number of sulfone groups is 1. The lowest BCUT2D eigenvalue weighted by Crippen LogP contribution is -2.58. The predicted octanol–water partition coefficient (Wildman–Crippen LogP) is 4.75. The number of fused-ring (bicyclic) bond motifs is 1. The van der Waals surface area contributed by atoms with Crippen molar-refractivity contribution in [3.63, 3.8) is 0 Å². The summed E-state index contributed by atoms with van der Waals surface area (Å²) >= 11 is 0. The molecule has 5 amide bonds. The Morgan fingerprint density at radius 3 is 2.26 bits per heavy atom. The summed E-state index contributed by atoms with van der Waals surface area (Å²) in [6.07, 6.45) is -1.16. The zero-order valence-corrected chi connectivity index (χ0v) is 33.9. The molecule has 3 fully saturated rings. The molecular weight excluding hydrogens is 818 g/mol. The average molecular weight is 861 g/mol. The molecule has 3 aromatic carbocycles. The Bertz CT molecular complexity index is 2470. The first-order valence-corrected chi connectivity index (χ1v) is 21.7. The maximum Gasteiger partial charge on any atom is 0.421 e. The molecule has 8 rings (SSSR count). The fourth-order valence-corrected chi connectivity index (χ4v) is 8.83. The Labute approximate surface area is 349 Å². The third-order valence-electron chi connectivity index (χ3n) is 11.4. The van der Waals surface area contributed by atoms with E-state index in [0.717, 1.165) is 67.5 Å². The second-order valence-electron chi connectivity index (χ2n) is 15.5. The fraction of sp³-hybridized carbons (Fsp3) is 0.366. The van der Waals surface area contributed by atoms with Gasteiger partial charge in [-0.2, -0.15) is 23.2 Å². The Kier molecular flexibility index (Phi) is 11.3. The van der Waals surface area contributed by atoms with Crippen molar-refractivity contribution in [1.82, 2.24) is 30.2 Å². The van der Waals surface area contributed by atoms with E-state index < -0.39 is 51.1 Å². The minimum atomic E-state index is -4.72. The van der Waals surface area contributed by atoms with Crippen LogP contribution in [0.5, 0.6) is 0 Å². The van der Waals surface area contributed by atoms with E-state index >= 15 is 0 Å². The number of hydrogen-bond donors (Lipinski definition) is 3. The number of carbonyl (C=O) groups is 4. The summed E-state index contributed by atoms with van der Waals surface area (Å²) in [4.78, 5) is 65.9. The van der Waals surface area contributed by atoms with Crippen molar-refractivity contribution < 1.29 is 40.8 Å². The van der Waals surface area contributed by atoms with Gasteiger partial charge < -0.3 is 20.4 Å². The largest absolute Gasteiger partial charge is 0.421 e. The Hall–Kier alpha value is -6.28. The number of rotatable bonds is 11. The summed E-state index contributed by atoms with van der Waals surface area (Å²) in [7, 11) is -3.50. The minimum absolute atomic E-state index is 0.00854. The first-order chi connectivity index (χ1) is 29.1. The van der Waals surface area contributed by atoms with Crippen molar-refractivity contribution in [3.8, 4) is 0 Å². The zero-order valence-electron chi connectivity index (χ0n) is 33.1. The molecule has 0 spiro atoms. The standard InChI is InChI=1S/C41H43F3N10O6S/c1-61(59,60)30-5-2-4-27(22-30)23-45-36-32(41(42,43)44)24-46-39(49-36)47-28-8-10-29(11-9-28)51-20-18-50(19-21-51)25-26-12-15-52(16-13-26)33-7-3-6-31-35(33)38(57)54(37(31)56)53-17-14-34(55)48-40(53)58/h2-11,22,24,26H,12-21,23,25H2,1H3,(H,48,55,58)(H2,45,46,47,49). The van der Waals surface area contributed by atoms with Gasteiger partial charge in [-0.3, -0.25) is 24.6 Å². The highest BCUT2D eigenvalue weighted by atomic mass is 32.2. The highest BCUT2D eigenvalue weighted by Gasteiger charge is 2.45. The molecule has 0 aliphatic carbocycles. The number of nitrogens with zero attached hydrogens (tertiary/aromatic N) is 7. The topological polar surface area (TPSA) is 180 Å². The summed E-state index contributed by atoms with van der Waals surface area (Å²) in [6, 6.07) is 17.8. The van der Waals surface area contributed by atoms with Crippen LogP contribution in [0.2, 0.25) is 0 Å². The van der Waals surface area contributed by atoms with Crippen molar-refractivity contribution in [2.24, 2.45) is 5.92 Å². The van der Waals surface area contributed by atoms with Gasteiger partial charge in [-0.05, 0) is 72.9 Å². The first-order valence-electron chi connectivity index (χ1n) is 19.8. The zero-order chi connectivity index (χ0) is 43.1. The predicted molar refractivity (Wildman–Crippen MR) is 219 cm³/mol. The van der Waals surface area contributed by atoms with E-state index in [1.54, 1.807) is 18.2 Å². The van der Waals surface area contributed by atoms with Crippen molar-refractivity contribution in [1.29, 1.82) is 0 Å². The van der Waals surface area contributed by atoms with Gasteiger partial charge in [0.1, 0.15) is 11.4 Å². The molecule has 0 atom stereocenters. The maximum atomic E-state index is 13.9. The number of urea groups is 1.